The largest absolute Gasteiger partial charge is 0.381 e. The van der Waals surface area contributed by atoms with Gasteiger partial charge in [-0.15, -0.1) is 0 Å². The highest BCUT2D eigenvalue weighted by Crippen LogP contribution is 2.36. The third-order valence-corrected chi connectivity index (χ3v) is 6.87. The van der Waals surface area contributed by atoms with E-state index in [1.807, 2.05) is 19.9 Å². The average molecular weight is 529 g/mol. The molecule has 150 valence electrons. The van der Waals surface area contributed by atoms with Gasteiger partial charge in [-0.1, -0.05) is 37.6 Å². The van der Waals surface area contributed by atoms with Crippen LogP contribution in [0.15, 0.2) is 42.6 Å². The van der Waals surface area contributed by atoms with Gasteiger partial charge in [-0.25, -0.2) is 4.98 Å². The zero-order valence-electron chi connectivity index (χ0n) is 16.5. The molecule has 1 unspecified atom stereocenters. The Hall–Kier alpha value is -0.960. The quantitative estimate of drug-likeness (QED) is 0.380. The lowest BCUT2D eigenvalue weighted by molar-refractivity contribution is 0.261. The summed E-state index contributed by atoms with van der Waals surface area (Å²) in [4.78, 5) is 6.89. The third kappa shape index (κ3) is 4.78. The monoisotopic (exact) mass is 528 g/mol. The molecule has 1 N–H and O–H groups in total. The van der Waals surface area contributed by atoms with E-state index in [-0.39, 0.29) is 0 Å². The number of anilines is 1. The van der Waals surface area contributed by atoms with Gasteiger partial charge in [0.25, 0.3) is 0 Å². The molecule has 4 nitrogen and oxygen atoms in total. The first-order valence-corrected chi connectivity index (χ1v) is 13.4. The number of fused-ring (bicyclic) bond motifs is 1. The Bertz CT molecular complexity index is 913. The highest BCUT2D eigenvalue weighted by molar-refractivity contribution is 14.2. The summed E-state index contributed by atoms with van der Waals surface area (Å²) in [6.07, 6.45) is 4.25. The molecule has 3 heterocycles. The van der Waals surface area contributed by atoms with Crippen molar-refractivity contribution in [1.82, 2.24) is 13.9 Å². The van der Waals surface area contributed by atoms with Gasteiger partial charge in [0.1, 0.15) is 0 Å². The zero-order chi connectivity index (χ0) is 20.1. The van der Waals surface area contributed by atoms with Crippen molar-refractivity contribution < 1.29 is 0 Å². The van der Waals surface area contributed by atoms with Gasteiger partial charge in [-0.2, -0.15) is 0 Å². The summed E-state index contributed by atoms with van der Waals surface area (Å²) in [5.74, 6) is 0. The van der Waals surface area contributed by atoms with Crippen molar-refractivity contribution in [3.63, 3.8) is 0 Å². The van der Waals surface area contributed by atoms with Gasteiger partial charge in [-0.05, 0) is 56.3 Å². The van der Waals surface area contributed by atoms with Crippen molar-refractivity contribution in [3.05, 3.63) is 47.6 Å². The maximum absolute atomic E-state index is 6.35. The molecular weight excluding hydrogens is 503 g/mol. The van der Waals surface area contributed by atoms with E-state index in [1.165, 1.54) is 25.1 Å². The number of nitrogens with one attached hydrogen (secondary N) is 1. The average Bonchev–Trinajstić information content (AvgIpc) is 3.10. The van der Waals surface area contributed by atoms with Crippen LogP contribution < -0.4 is 5.32 Å². The standard InChI is InChI=1S/C19H20ClIN4S.C2H6/c1-24-10-2-3-15(12-24)23-14-6-4-13(5-7-14)18-11-16-17(20)8-9-22-19(16)25(18)26-21;1-2/h4-9,11,15,23H,2-3,10,12H2,1H3;1-2H3. The molecule has 0 spiro atoms. The molecular formula is C21H26ClIN4S. The minimum Gasteiger partial charge on any atom is -0.381 e. The van der Waals surface area contributed by atoms with Crippen molar-refractivity contribution >= 4 is 58.6 Å². The van der Waals surface area contributed by atoms with Gasteiger partial charge < -0.3 is 10.2 Å². The van der Waals surface area contributed by atoms with Gasteiger partial charge in [0.05, 0.1) is 10.7 Å². The van der Waals surface area contributed by atoms with E-state index in [0.29, 0.717) is 6.04 Å². The summed E-state index contributed by atoms with van der Waals surface area (Å²) in [6.45, 7) is 6.30. The van der Waals surface area contributed by atoms with Crippen LogP contribution in [0.1, 0.15) is 26.7 Å². The van der Waals surface area contributed by atoms with Crippen molar-refractivity contribution in [2.45, 2.75) is 32.7 Å². The molecule has 1 aliphatic rings. The molecule has 1 aromatic carbocycles. The Labute approximate surface area is 188 Å². The lowest BCUT2D eigenvalue weighted by atomic mass is 10.1. The summed E-state index contributed by atoms with van der Waals surface area (Å²) in [5, 5.41) is 5.39. The van der Waals surface area contributed by atoms with Crippen LogP contribution in [0.4, 0.5) is 5.69 Å². The number of benzene rings is 1. The van der Waals surface area contributed by atoms with Crippen molar-refractivity contribution in [2.75, 3.05) is 25.5 Å². The van der Waals surface area contributed by atoms with Gasteiger partial charge >= 0.3 is 0 Å². The second-order valence-electron chi connectivity index (χ2n) is 6.75. The number of halogens is 2. The van der Waals surface area contributed by atoms with E-state index in [4.69, 9.17) is 11.6 Å². The molecule has 1 aliphatic heterocycles. The highest BCUT2D eigenvalue weighted by Gasteiger charge is 2.17. The van der Waals surface area contributed by atoms with Crippen LogP contribution in [0.25, 0.3) is 22.3 Å². The molecule has 3 aromatic rings. The van der Waals surface area contributed by atoms with Gasteiger partial charge in [0, 0.05) is 60.2 Å². The summed E-state index contributed by atoms with van der Waals surface area (Å²) in [7, 11) is 3.80. The lowest BCUT2D eigenvalue weighted by Crippen LogP contribution is -2.39. The number of rotatable bonds is 4. The number of piperidine rings is 1. The number of aromatic nitrogens is 2. The SMILES string of the molecule is CC.CN1CCCC(Nc2ccc(-c3cc4c(Cl)ccnc4n3SI)cc2)C1. The Morgan fingerprint density at radius 1 is 1.21 bits per heavy atom. The highest BCUT2D eigenvalue weighted by atomic mass is 127. The van der Waals surface area contributed by atoms with E-state index in [2.05, 4.69) is 77.8 Å². The molecule has 1 saturated heterocycles. The van der Waals surface area contributed by atoms with Gasteiger partial charge in [-0.3, -0.25) is 3.97 Å². The van der Waals surface area contributed by atoms with E-state index < -0.39 is 0 Å². The third-order valence-electron chi connectivity index (χ3n) is 4.85. The second kappa shape index (κ2) is 10.2. The van der Waals surface area contributed by atoms with Crippen molar-refractivity contribution in [1.29, 1.82) is 0 Å². The van der Waals surface area contributed by atoms with Gasteiger partial charge in [0.2, 0.25) is 0 Å². The fourth-order valence-corrected chi connectivity index (χ4v) is 5.41. The molecule has 1 atom stereocenters. The maximum atomic E-state index is 6.35. The Kier molecular flexibility index (Phi) is 7.91. The van der Waals surface area contributed by atoms with Crippen molar-refractivity contribution in [3.8, 4) is 11.3 Å². The molecule has 4 rings (SSSR count). The predicted octanol–water partition coefficient (Wildman–Crippen LogP) is 6.74. The van der Waals surface area contributed by atoms with Crippen LogP contribution in [-0.2, 0) is 0 Å². The first-order valence-electron chi connectivity index (χ1n) is 9.66. The number of hydrogen-bond donors (Lipinski definition) is 1. The maximum Gasteiger partial charge on any atom is 0.152 e. The minimum atomic E-state index is 0.527. The number of pyridine rings is 1. The second-order valence-corrected chi connectivity index (χ2v) is 8.84. The molecule has 0 radical (unpaired) electrons. The Morgan fingerprint density at radius 2 is 1.96 bits per heavy atom. The summed E-state index contributed by atoms with van der Waals surface area (Å²) in [5.41, 5.74) is 4.35. The molecule has 0 amide bonds. The number of nitrogens with zero attached hydrogens (tertiary/aromatic N) is 3. The Morgan fingerprint density at radius 3 is 2.64 bits per heavy atom. The van der Waals surface area contributed by atoms with Gasteiger partial charge in [0.15, 0.2) is 5.65 Å². The lowest BCUT2D eigenvalue weighted by Gasteiger charge is -2.30. The zero-order valence-corrected chi connectivity index (χ0v) is 20.2. The van der Waals surface area contributed by atoms with E-state index >= 15 is 0 Å². The van der Waals surface area contributed by atoms with E-state index in [9.17, 15) is 0 Å². The first-order chi connectivity index (χ1) is 13.7. The Balaban J connectivity index is 0.00000109. The molecule has 0 saturated carbocycles. The van der Waals surface area contributed by atoms with Crippen LogP contribution >= 0.6 is 41.9 Å². The van der Waals surface area contributed by atoms with Crippen LogP contribution in [-0.4, -0.2) is 40.0 Å². The molecule has 0 aliphatic carbocycles. The fourth-order valence-electron chi connectivity index (χ4n) is 3.57. The van der Waals surface area contributed by atoms with Crippen LogP contribution in [0, 0.1) is 0 Å². The first kappa shape index (κ1) is 21.7. The predicted molar refractivity (Wildman–Crippen MR) is 133 cm³/mol. The molecule has 2 aromatic heterocycles. The summed E-state index contributed by atoms with van der Waals surface area (Å²) < 4.78 is 2.13. The molecule has 1 fully saturated rings. The van der Waals surface area contributed by atoms with Crippen LogP contribution in [0.3, 0.4) is 0 Å². The number of likely N-dealkylation sites (tertiary alicyclic amines) is 1. The molecule has 7 heteroatoms. The van der Waals surface area contributed by atoms with E-state index in [1.54, 1.807) is 15.3 Å². The minimum absolute atomic E-state index is 0.527. The number of hydrogen-bond acceptors (Lipinski definition) is 4. The molecule has 28 heavy (non-hydrogen) atoms. The normalized spacial score (nSPS) is 17.2. The van der Waals surface area contributed by atoms with Crippen molar-refractivity contribution in [2.24, 2.45) is 0 Å². The van der Waals surface area contributed by atoms with E-state index in [0.717, 1.165) is 33.9 Å². The topological polar surface area (TPSA) is 33.1 Å². The summed E-state index contributed by atoms with van der Waals surface area (Å²) >= 11 is 8.64. The summed E-state index contributed by atoms with van der Waals surface area (Å²) in [6, 6.07) is 13.1. The molecule has 0 bridgehead atoms. The van der Waals surface area contributed by atoms with Crippen LogP contribution in [0.5, 0.6) is 0 Å². The smallest absolute Gasteiger partial charge is 0.152 e. The fraction of sp³-hybridized carbons (Fsp3) is 0.381. The number of likely N-dealkylation sites (N-methyl/N-ethyl adjacent to an activating group) is 1. The van der Waals surface area contributed by atoms with Crippen LogP contribution in [0.2, 0.25) is 5.02 Å².